The molecule has 9 heteroatoms. The van der Waals surface area contributed by atoms with Crippen LogP contribution in [0, 0.1) is 11.3 Å². The van der Waals surface area contributed by atoms with E-state index in [1.54, 1.807) is 30.6 Å². The summed E-state index contributed by atoms with van der Waals surface area (Å²) in [6, 6.07) is 9.18. The van der Waals surface area contributed by atoms with Gasteiger partial charge in [0.05, 0.1) is 17.5 Å². The van der Waals surface area contributed by atoms with Gasteiger partial charge in [0.1, 0.15) is 17.3 Å². The molecule has 1 aliphatic carbocycles. The van der Waals surface area contributed by atoms with Gasteiger partial charge < -0.3 is 23.9 Å². The number of aromatic amines is 1. The first-order valence-corrected chi connectivity index (χ1v) is 13.8. The fourth-order valence-corrected chi connectivity index (χ4v) is 6.81. The van der Waals surface area contributed by atoms with Crippen molar-refractivity contribution >= 4 is 33.2 Å². The first-order valence-electron chi connectivity index (χ1n) is 12.6. The summed E-state index contributed by atoms with van der Waals surface area (Å²) in [5.41, 5.74) is 2.84. The highest BCUT2D eigenvalue weighted by atomic mass is 35.5. The van der Waals surface area contributed by atoms with Crippen molar-refractivity contribution in [2.45, 2.75) is 46.6 Å². The van der Waals surface area contributed by atoms with Crippen LogP contribution in [-0.2, 0) is 19.4 Å². The van der Waals surface area contributed by atoms with Gasteiger partial charge in [0.25, 0.3) is 5.56 Å². The van der Waals surface area contributed by atoms with Crippen LogP contribution in [0.3, 0.4) is 0 Å². The summed E-state index contributed by atoms with van der Waals surface area (Å²) in [4.78, 5) is 23.1. The van der Waals surface area contributed by atoms with E-state index in [9.17, 15) is 4.79 Å². The molecule has 7 nitrogen and oxygen atoms in total. The number of H-pyrrole nitrogens is 1. The van der Waals surface area contributed by atoms with Gasteiger partial charge in [0, 0.05) is 10.4 Å². The van der Waals surface area contributed by atoms with Crippen LogP contribution in [0.4, 0.5) is 0 Å². The van der Waals surface area contributed by atoms with E-state index in [1.165, 1.54) is 4.88 Å². The first-order chi connectivity index (χ1) is 18.2. The highest BCUT2D eigenvalue weighted by Crippen LogP contribution is 2.43. The predicted octanol–water partition coefficient (Wildman–Crippen LogP) is 6.77. The van der Waals surface area contributed by atoms with Crippen molar-refractivity contribution in [1.29, 1.82) is 0 Å². The Morgan fingerprint density at radius 2 is 2.00 bits per heavy atom. The molecular formula is C29H29ClN2O5S. The van der Waals surface area contributed by atoms with E-state index in [0.717, 1.165) is 40.6 Å². The molecule has 1 atom stereocenters. The lowest BCUT2D eigenvalue weighted by Gasteiger charge is -2.33. The fourth-order valence-electron chi connectivity index (χ4n) is 5.24. The minimum atomic E-state index is -0.116. The molecule has 0 bridgehead atoms. The lowest BCUT2D eigenvalue weighted by Crippen LogP contribution is -2.26. The second-order valence-corrected chi connectivity index (χ2v) is 12.4. The average Bonchev–Trinajstić information content (AvgIpc) is 3.50. The number of fused-ring (bicyclic) bond motifs is 4. The van der Waals surface area contributed by atoms with Crippen molar-refractivity contribution in [2.75, 3.05) is 13.9 Å². The Balaban J connectivity index is 1.30. The molecule has 0 fully saturated rings. The molecular weight excluding hydrogens is 524 g/mol. The maximum Gasteiger partial charge on any atom is 0.260 e. The maximum absolute atomic E-state index is 13.2. The van der Waals surface area contributed by atoms with Crippen molar-refractivity contribution in [3.05, 3.63) is 61.7 Å². The number of aromatic nitrogens is 2. The number of nitrogens with zero attached hydrogens (tertiary/aromatic N) is 1. The Hall–Kier alpha value is -3.23. The smallest absolute Gasteiger partial charge is 0.260 e. The van der Waals surface area contributed by atoms with E-state index in [-0.39, 0.29) is 24.4 Å². The molecule has 0 radical (unpaired) electrons. The molecule has 0 saturated heterocycles. The topological polar surface area (TPSA) is 82.7 Å². The molecule has 0 amide bonds. The van der Waals surface area contributed by atoms with Crippen LogP contribution in [-0.4, -0.2) is 23.9 Å². The molecule has 2 aliphatic rings. The zero-order valence-corrected chi connectivity index (χ0v) is 23.3. The van der Waals surface area contributed by atoms with Gasteiger partial charge in [-0.2, -0.15) is 0 Å². The number of ether oxygens (including phenoxy) is 4. The van der Waals surface area contributed by atoms with Crippen LogP contribution >= 0.6 is 22.9 Å². The zero-order chi connectivity index (χ0) is 26.6. The van der Waals surface area contributed by atoms with Crippen molar-refractivity contribution < 1.29 is 18.9 Å². The van der Waals surface area contributed by atoms with Gasteiger partial charge in [-0.25, -0.2) is 4.98 Å². The number of halogens is 1. The Kier molecular flexibility index (Phi) is 6.27. The molecule has 0 spiro atoms. The summed E-state index contributed by atoms with van der Waals surface area (Å²) in [7, 11) is 1.56. The summed E-state index contributed by atoms with van der Waals surface area (Å²) in [5, 5.41) is 1.09. The average molecular weight is 553 g/mol. The van der Waals surface area contributed by atoms with Gasteiger partial charge in [-0.3, -0.25) is 4.79 Å². The molecule has 198 valence electrons. The van der Waals surface area contributed by atoms with E-state index >= 15 is 0 Å². The molecule has 1 N–H and O–H groups in total. The number of hydrogen-bond acceptors (Lipinski definition) is 7. The standard InChI is InChI=1S/C29H29ClN2O5S/c1-29(2,3)17-6-7-18-23(12-17)38-28-24(18)27(33)31-26(32-28)16-10-19(30)25(22(11-16)34-4)35-13-15-5-8-20-21(9-15)37-14-36-20/h5,8-11,17H,6-7,12-14H2,1-4H3,(H,31,32,33). The van der Waals surface area contributed by atoms with Crippen LogP contribution in [0.25, 0.3) is 21.6 Å². The lowest BCUT2D eigenvalue weighted by molar-refractivity contribution is 0.174. The Bertz CT molecular complexity index is 1600. The molecule has 38 heavy (non-hydrogen) atoms. The lowest BCUT2D eigenvalue weighted by atomic mass is 9.72. The number of rotatable bonds is 5. The van der Waals surface area contributed by atoms with Crippen molar-refractivity contribution in [1.82, 2.24) is 9.97 Å². The SMILES string of the molecule is COc1cc(-c2nc3sc4c(c3c(=O)[nH]2)CCC(C(C)(C)C)C4)cc(Cl)c1OCc1ccc2c(c1)OCO2. The second kappa shape index (κ2) is 9.50. The van der Waals surface area contributed by atoms with Gasteiger partial charge in [0.15, 0.2) is 23.0 Å². The number of nitrogens with one attached hydrogen (secondary N) is 1. The Labute approximate surface area is 229 Å². The maximum atomic E-state index is 13.2. The summed E-state index contributed by atoms with van der Waals surface area (Å²) in [6.45, 7) is 7.36. The van der Waals surface area contributed by atoms with Crippen LogP contribution < -0.4 is 24.5 Å². The Morgan fingerprint density at radius 1 is 1.18 bits per heavy atom. The number of benzene rings is 2. The fraction of sp³-hybridized carbons (Fsp3) is 0.379. The van der Waals surface area contributed by atoms with E-state index in [1.807, 2.05) is 18.2 Å². The molecule has 2 aromatic heterocycles. The number of hydrogen-bond donors (Lipinski definition) is 1. The molecule has 2 aromatic carbocycles. The summed E-state index contributed by atoms with van der Waals surface area (Å²) < 4.78 is 22.5. The third-order valence-electron chi connectivity index (χ3n) is 7.47. The first kappa shape index (κ1) is 25.1. The predicted molar refractivity (Wildman–Crippen MR) is 149 cm³/mol. The zero-order valence-electron chi connectivity index (χ0n) is 21.8. The molecule has 1 aliphatic heterocycles. The van der Waals surface area contributed by atoms with Crippen LogP contribution in [0.2, 0.25) is 5.02 Å². The summed E-state index contributed by atoms with van der Waals surface area (Å²) in [5.74, 6) is 3.32. The second-order valence-electron chi connectivity index (χ2n) is 10.9. The quantitative estimate of drug-likeness (QED) is 0.294. The highest BCUT2D eigenvalue weighted by Gasteiger charge is 2.32. The minimum absolute atomic E-state index is 0.116. The normalized spacial score (nSPS) is 16.5. The summed E-state index contributed by atoms with van der Waals surface area (Å²) >= 11 is 8.29. The largest absolute Gasteiger partial charge is 0.493 e. The third kappa shape index (κ3) is 4.50. The molecule has 1 unspecified atom stereocenters. The summed E-state index contributed by atoms with van der Waals surface area (Å²) in [6.07, 6.45) is 2.99. The number of methoxy groups -OCH3 is 1. The number of aryl methyl sites for hydroxylation is 1. The molecule has 6 rings (SSSR count). The van der Waals surface area contributed by atoms with E-state index in [4.69, 9.17) is 35.5 Å². The Morgan fingerprint density at radius 3 is 2.79 bits per heavy atom. The molecule has 4 aromatic rings. The number of thiophene rings is 1. The third-order valence-corrected chi connectivity index (χ3v) is 8.90. The van der Waals surface area contributed by atoms with Crippen molar-refractivity contribution in [3.63, 3.8) is 0 Å². The van der Waals surface area contributed by atoms with Gasteiger partial charge in [-0.1, -0.05) is 38.4 Å². The van der Waals surface area contributed by atoms with Gasteiger partial charge in [-0.15, -0.1) is 11.3 Å². The molecule has 3 heterocycles. The van der Waals surface area contributed by atoms with E-state index < -0.39 is 0 Å². The van der Waals surface area contributed by atoms with Crippen molar-refractivity contribution in [2.24, 2.45) is 11.3 Å². The van der Waals surface area contributed by atoms with Crippen LogP contribution in [0.15, 0.2) is 35.1 Å². The highest BCUT2D eigenvalue weighted by molar-refractivity contribution is 7.18. The van der Waals surface area contributed by atoms with Crippen molar-refractivity contribution in [3.8, 4) is 34.4 Å². The minimum Gasteiger partial charge on any atom is -0.493 e. The van der Waals surface area contributed by atoms with Gasteiger partial charge in [0.2, 0.25) is 6.79 Å². The van der Waals surface area contributed by atoms with Gasteiger partial charge in [-0.05, 0) is 66.0 Å². The van der Waals surface area contributed by atoms with E-state index in [0.29, 0.717) is 45.3 Å². The van der Waals surface area contributed by atoms with Crippen LogP contribution in [0.1, 0.15) is 43.2 Å². The monoisotopic (exact) mass is 552 g/mol. The molecule has 0 saturated carbocycles. The van der Waals surface area contributed by atoms with E-state index in [2.05, 4.69) is 25.8 Å². The van der Waals surface area contributed by atoms with Crippen LogP contribution in [0.5, 0.6) is 23.0 Å². The van der Waals surface area contributed by atoms with Gasteiger partial charge >= 0.3 is 0 Å².